The number of rotatable bonds is 2. The van der Waals surface area contributed by atoms with Crippen LogP contribution in [0.25, 0.3) is 0 Å². The molecule has 0 saturated carbocycles. The molecule has 0 rings (SSSR count). The second-order valence-electron chi connectivity index (χ2n) is 2.85. The van der Waals surface area contributed by atoms with Gasteiger partial charge in [0, 0.05) is 0 Å². The summed E-state index contributed by atoms with van der Waals surface area (Å²) in [6, 6.07) is 0. The summed E-state index contributed by atoms with van der Waals surface area (Å²) in [4.78, 5) is 2.00. The Balaban J connectivity index is 0. The van der Waals surface area contributed by atoms with Gasteiger partial charge >= 0.3 is 25.8 Å². The first-order valence-corrected chi connectivity index (χ1v) is 6.29. The molecule has 100 valence electrons. The first kappa shape index (κ1) is 17.9. The summed E-state index contributed by atoms with van der Waals surface area (Å²) in [5.74, 6) is 0. The lowest BCUT2D eigenvalue weighted by Crippen LogP contribution is -2.39. The highest BCUT2D eigenvalue weighted by Crippen LogP contribution is 2.21. The van der Waals surface area contributed by atoms with E-state index < -0.39 is 25.8 Å². The standard InChI is InChI=1S/C3H9N.CH2F3NO5S2/c1-4(2)3;2-1(3,4)11(6,7)5-12(8,9)10/h1-3H3;5H,(H,8,9,10). The summed E-state index contributed by atoms with van der Waals surface area (Å²) < 4.78 is 80.8. The van der Waals surface area contributed by atoms with Gasteiger partial charge in [-0.1, -0.05) is 4.13 Å². The van der Waals surface area contributed by atoms with E-state index in [1.807, 2.05) is 26.0 Å². The molecule has 0 radical (unpaired) electrons. The Morgan fingerprint density at radius 1 is 1.06 bits per heavy atom. The van der Waals surface area contributed by atoms with E-state index in [2.05, 4.69) is 0 Å². The Kier molecular flexibility index (Phi) is 6.47. The number of alkyl halides is 3. The average molecular weight is 288 g/mol. The quantitative estimate of drug-likeness (QED) is 0.658. The number of sulfonamides is 1. The maximum Gasteiger partial charge on any atom is 0.512 e. The van der Waals surface area contributed by atoms with Gasteiger partial charge in [-0.15, -0.1) is 0 Å². The highest BCUT2D eigenvalue weighted by atomic mass is 32.3. The first-order valence-electron chi connectivity index (χ1n) is 3.37. The molecular formula is C4H11F3N2O5S2. The topological polar surface area (TPSA) is 104 Å². The van der Waals surface area contributed by atoms with Gasteiger partial charge in [0.15, 0.2) is 0 Å². The van der Waals surface area contributed by atoms with Crippen molar-refractivity contribution < 1.29 is 34.6 Å². The molecule has 0 fully saturated rings. The van der Waals surface area contributed by atoms with Crippen LogP contribution < -0.4 is 4.13 Å². The molecule has 2 N–H and O–H groups in total. The minimum atomic E-state index is -6.04. The molecule has 0 aliphatic carbocycles. The predicted molar refractivity (Wildman–Crippen MR) is 49.3 cm³/mol. The third kappa shape index (κ3) is 10.1. The molecule has 0 saturated heterocycles. The fraction of sp³-hybridized carbons (Fsp3) is 1.00. The molecule has 0 aromatic carbocycles. The van der Waals surface area contributed by atoms with Crippen LogP contribution in [0.1, 0.15) is 0 Å². The van der Waals surface area contributed by atoms with Crippen LogP contribution >= 0.6 is 0 Å². The maximum absolute atomic E-state index is 11.3. The van der Waals surface area contributed by atoms with Crippen molar-refractivity contribution in [2.45, 2.75) is 5.51 Å². The van der Waals surface area contributed by atoms with Crippen molar-refractivity contribution in [1.29, 1.82) is 0 Å². The SMILES string of the molecule is CN(C)C.O=S(=O)(O)NS(=O)(=O)C(F)(F)F. The monoisotopic (exact) mass is 288 g/mol. The normalized spacial score (nSPS) is 13.2. The molecule has 0 atom stereocenters. The summed E-state index contributed by atoms with van der Waals surface area (Å²) in [5, 5.41) is 0. The summed E-state index contributed by atoms with van der Waals surface area (Å²) in [5.41, 5.74) is -5.78. The Hall–Kier alpha value is -0.430. The van der Waals surface area contributed by atoms with Gasteiger partial charge in [-0.2, -0.15) is 21.6 Å². The number of halogens is 3. The van der Waals surface area contributed by atoms with Crippen LogP contribution in [0.3, 0.4) is 0 Å². The zero-order chi connectivity index (χ0) is 13.8. The molecule has 12 heteroatoms. The Labute approximate surface area is 91.2 Å². The largest absolute Gasteiger partial charge is 0.512 e. The molecule has 0 aliphatic rings. The summed E-state index contributed by atoms with van der Waals surface area (Å²) in [6.07, 6.45) is 0. The van der Waals surface area contributed by atoms with Crippen molar-refractivity contribution in [2.75, 3.05) is 21.1 Å². The zero-order valence-electron chi connectivity index (χ0n) is 8.48. The predicted octanol–water partition coefficient (Wildman–Crippen LogP) is -0.594. The van der Waals surface area contributed by atoms with Crippen molar-refractivity contribution in [3.8, 4) is 0 Å². The third-order valence-corrected chi connectivity index (χ3v) is 2.85. The molecule has 0 bridgehead atoms. The van der Waals surface area contributed by atoms with Crippen molar-refractivity contribution in [3.05, 3.63) is 0 Å². The molecule has 0 spiro atoms. The number of hydrogen-bond donors (Lipinski definition) is 2. The molecule has 0 amide bonds. The number of hydrogen-bond acceptors (Lipinski definition) is 5. The van der Waals surface area contributed by atoms with E-state index in [-0.39, 0.29) is 4.13 Å². The molecular weight excluding hydrogens is 277 g/mol. The van der Waals surface area contributed by atoms with Gasteiger partial charge < -0.3 is 4.90 Å². The molecule has 0 unspecified atom stereocenters. The lowest BCUT2D eigenvalue weighted by atomic mass is 11.0. The van der Waals surface area contributed by atoms with Crippen molar-refractivity contribution in [3.63, 3.8) is 0 Å². The summed E-state index contributed by atoms with van der Waals surface area (Å²) in [6.45, 7) is 0. The zero-order valence-corrected chi connectivity index (χ0v) is 10.1. The van der Waals surface area contributed by atoms with Crippen LogP contribution in [0.15, 0.2) is 0 Å². The highest BCUT2D eigenvalue weighted by Gasteiger charge is 2.48. The van der Waals surface area contributed by atoms with Crippen LogP contribution in [-0.4, -0.2) is 52.9 Å². The highest BCUT2D eigenvalue weighted by molar-refractivity contribution is 8.02. The van der Waals surface area contributed by atoms with E-state index in [1.165, 1.54) is 0 Å². The maximum atomic E-state index is 11.3. The Morgan fingerprint density at radius 2 is 1.31 bits per heavy atom. The summed E-state index contributed by atoms with van der Waals surface area (Å²) >= 11 is 0. The smallest absolute Gasteiger partial charge is 0.312 e. The molecule has 0 aromatic rings. The van der Waals surface area contributed by atoms with Crippen LogP contribution in [-0.2, 0) is 20.3 Å². The van der Waals surface area contributed by atoms with Crippen LogP contribution in [0.5, 0.6) is 0 Å². The van der Waals surface area contributed by atoms with E-state index >= 15 is 0 Å². The number of nitrogens with zero attached hydrogens (tertiary/aromatic N) is 1. The van der Waals surface area contributed by atoms with E-state index in [0.29, 0.717) is 0 Å². The van der Waals surface area contributed by atoms with Crippen LogP contribution in [0.2, 0.25) is 0 Å². The van der Waals surface area contributed by atoms with Crippen molar-refractivity contribution >= 4 is 20.3 Å². The van der Waals surface area contributed by atoms with Gasteiger partial charge in [0.1, 0.15) is 0 Å². The molecule has 16 heavy (non-hydrogen) atoms. The van der Waals surface area contributed by atoms with Crippen molar-refractivity contribution in [2.24, 2.45) is 0 Å². The third-order valence-electron chi connectivity index (χ3n) is 0.520. The van der Waals surface area contributed by atoms with Gasteiger partial charge in [0.2, 0.25) is 0 Å². The first-order chi connectivity index (χ1) is 6.69. The lowest BCUT2D eigenvalue weighted by Gasteiger charge is -2.05. The van der Waals surface area contributed by atoms with Crippen molar-refractivity contribution in [1.82, 2.24) is 9.03 Å². The number of nitrogens with one attached hydrogen (secondary N) is 1. The Bertz CT molecular complexity index is 395. The Morgan fingerprint density at radius 3 is 1.38 bits per heavy atom. The van der Waals surface area contributed by atoms with Crippen LogP contribution in [0.4, 0.5) is 13.2 Å². The molecule has 0 heterocycles. The second kappa shape index (κ2) is 5.77. The van der Waals surface area contributed by atoms with E-state index in [0.717, 1.165) is 0 Å². The van der Waals surface area contributed by atoms with Gasteiger partial charge in [-0.05, 0) is 21.1 Å². The fourth-order valence-electron chi connectivity index (χ4n) is 0.186. The van der Waals surface area contributed by atoms with Gasteiger partial charge in [0.05, 0.1) is 0 Å². The van der Waals surface area contributed by atoms with Gasteiger partial charge in [0.25, 0.3) is 0 Å². The average Bonchev–Trinajstić information content (AvgIpc) is 1.74. The molecule has 0 aromatic heterocycles. The second-order valence-corrected chi connectivity index (χ2v) is 5.94. The fourth-order valence-corrected chi connectivity index (χ4v) is 1.67. The van der Waals surface area contributed by atoms with Gasteiger partial charge in [-0.3, -0.25) is 4.55 Å². The molecule has 7 nitrogen and oxygen atoms in total. The van der Waals surface area contributed by atoms with Crippen LogP contribution in [0, 0.1) is 0 Å². The van der Waals surface area contributed by atoms with Gasteiger partial charge in [-0.25, -0.2) is 8.42 Å². The lowest BCUT2D eigenvalue weighted by molar-refractivity contribution is -0.0442. The van der Waals surface area contributed by atoms with E-state index in [9.17, 15) is 30.0 Å². The minimum absolute atomic E-state index is 0.0104. The molecule has 0 aliphatic heterocycles. The summed E-state index contributed by atoms with van der Waals surface area (Å²) in [7, 11) is -5.47. The van der Waals surface area contributed by atoms with E-state index in [1.54, 1.807) is 0 Å². The van der Waals surface area contributed by atoms with E-state index in [4.69, 9.17) is 4.55 Å². The minimum Gasteiger partial charge on any atom is -0.312 e.